The molecule has 2 aromatic rings. The minimum absolute atomic E-state index is 0.0214. The molecule has 2 N–H and O–H groups in total. The number of rotatable bonds is 5. The van der Waals surface area contributed by atoms with Gasteiger partial charge in [-0.2, -0.15) is 0 Å². The lowest BCUT2D eigenvalue weighted by atomic mass is 10.1. The number of ether oxygens (including phenoxy) is 1. The molecule has 2 rings (SSSR count). The van der Waals surface area contributed by atoms with E-state index in [0.717, 1.165) is 21.7 Å². The summed E-state index contributed by atoms with van der Waals surface area (Å²) in [7, 11) is 0. The Bertz CT molecular complexity index is 896. The zero-order valence-corrected chi connectivity index (χ0v) is 16.7. The van der Waals surface area contributed by atoms with Crippen LogP contribution in [0.2, 0.25) is 5.02 Å². The monoisotopic (exact) mass is 455 g/mol. The number of nitrogens with one attached hydrogen (secondary N) is 2. The Hall–Kier alpha value is -2.65. The van der Waals surface area contributed by atoms with Crippen LogP contribution in [-0.2, 0) is 4.79 Å². The number of benzene rings is 2. The van der Waals surface area contributed by atoms with Gasteiger partial charge in [-0.1, -0.05) is 27.5 Å². The highest BCUT2D eigenvalue weighted by Gasteiger charge is 2.17. The number of aryl methyl sites for hydroxylation is 2. The molecule has 10 heteroatoms. The fraction of sp³-hybridized carbons (Fsp3) is 0.176. The van der Waals surface area contributed by atoms with Crippen molar-refractivity contribution in [3.05, 3.63) is 66.6 Å². The molecule has 0 spiro atoms. The van der Waals surface area contributed by atoms with Crippen LogP contribution in [-0.4, -0.2) is 23.3 Å². The molecule has 0 heterocycles. The van der Waals surface area contributed by atoms with Crippen molar-refractivity contribution in [3.8, 4) is 5.75 Å². The Morgan fingerprint density at radius 3 is 2.41 bits per heavy atom. The first-order valence-electron chi connectivity index (χ1n) is 7.61. The third-order valence-electron chi connectivity index (χ3n) is 3.49. The summed E-state index contributed by atoms with van der Waals surface area (Å²) in [5, 5.41) is 10.8. The number of nitro benzene ring substituents is 1. The first-order valence-corrected chi connectivity index (χ1v) is 8.79. The summed E-state index contributed by atoms with van der Waals surface area (Å²) in [4.78, 5) is 34.1. The summed E-state index contributed by atoms with van der Waals surface area (Å²) in [6.45, 7) is 3.38. The van der Waals surface area contributed by atoms with E-state index in [1.807, 2.05) is 26.0 Å². The molecule has 0 aliphatic carbocycles. The van der Waals surface area contributed by atoms with Crippen LogP contribution in [0.1, 0.15) is 21.5 Å². The Morgan fingerprint density at radius 2 is 1.81 bits per heavy atom. The summed E-state index contributed by atoms with van der Waals surface area (Å²) in [5.41, 5.74) is 5.64. The minimum atomic E-state index is -0.723. The SMILES string of the molecule is Cc1cc(Br)cc(C)c1OCC(=O)NNC(=O)c1ccc(Cl)c([N+](=O)[O-])c1. The maximum atomic E-state index is 12.0. The van der Waals surface area contributed by atoms with Crippen molar-refractivity contribution in [1.29, 1.82) is 0 Å². The van der Waals surface area contributed by atoms with E-state index in [9.17, 15) is 19.7 Å². The van der Waals surface area contributed by atoms with Crippen molar-refractivity contribution >= 4 is 45.0 Å². The number of nitrogens with zero attached hydrogens (tertiary/aromatic N) is 1. The van der Waals surface area contributed by atoms with Crippen LogP contribution >= 0.6 is 27.5 Å². The molecule has 0 saturated heterocycles. The quantitative estimate of drug-likeness (QED) is 0.529. The zero-order chi connectivity index (χ0) is 20.1. The minimum Gasteiger partial charge on any atom is -0.483 e. The van der Waals surface area contributed by atoms with E-state index < -0.39 is 22.4 Å². The predicted octanol–water partition coefficient (Wildman–Crippen LogP) is 3.47. The van der Waals surface area contributed by atoms with E-state index in [-0.39, 0.29) is 17.2 Å². The zero-order valence-electron chi connectivity index (χ0n) is 14.3. The lowest BCUT2D eigenvalue weighted by Gasteiger charge is -2.13. The molecule has 0 aliphatic heterocycles. The molecule has 0 saturated carbocycles. The fourth-order valence-corrected chi connectivity index (χ4v) is 3.16. The third-order valence-corrected chi connectivity index (χ3v) is 4.27. The van der Waals surface area contributed by atoms with Crippen molar-refractivity contribution < 1.29 is 19.2 Å². The fourth-order valence-electron chi connectivity index (χ4n) is 2.29. The molecule has 0 aromatic heterocycles. The van der Waals surface area contributed by atoms with Crippen LogP contribution in [0.5, 0.6) is 5.75 Å². The van der Waals surface area contributed by atoms with Gasteiger partial charge >= 0.3 is 0 Å². The van der Waals surface area contributed by atoms with Gasteiger partial charge in [-0.05, 0) is 49.2 Å². The van der Waals surface area contributed by atoms with Crippen molar-refractivity contribution in [2.24, 2.45) is 0 Å². The molecule has 0 aliphatic rings. The lowest BCUT2D eigenvalue weighted by Crippen LogP contribution is -2.43. The average Bonchev–Trinajstić information content (AvgIpc) is 2.58. The molecular formula is C17H15BrClN3O5. The van der Waals surface area contributed by atoms with Crippen LogP contribution in [0.3, 0.4) is 0 Å². The van der Waals surface area contributed by atoms with Crippen molar-refractivity contribution in [2.45, 2.75) is 13.8 Å². The van der Waals surface area contributed by atoms with E-state index in [2.05, 4.69) is 26.8 Å². The summed E-state index contributed by atoms with van der Waals surface area (Å²) in [6.07, 6.45) is 0. The van der Waals surface area contributed by atoms with Crippen LogP contribution < -0.4 is 15.6 Å². The van der Waals surface area contributed by atoms with Crippen molar-refractivity contribution in [1.82, 2.24) is 10.9 Å². The third kappa shape index (κ3) is 5.41. The Kier molecular flexibility index (Phi) is 6.75. The molecule has 0 bridgehead atoms. The van der Waals surface area contributed by atoms with Gasteiger partial charge in [0.05, 0.1) is 4.92 Å². The van der Waals surface area contributed by atoms with Gasteiger partial charge in [-0.15, -0.1) is 0 Å². The van der Waals surface area contributed by atoms with Crippen molar-refractivity contribution in [3.63, 3.8) is 0 Å². The standard InChI is InChI=1S/C17H15BrClN3O5/c1-9-5-12(18)6-10(2)16(9)27-8-15(23)20-21-17(24)11-3-4-13(19)14(7-11)22(25)26/h3-7H,8H2,1-2H3,(H,20,23)(H,21,24). The Balaban J connectivity index is 1.93. The van der Waals surface area contributed by atoms with Gasteiger partial charge in [-0.3, -0.25) is 30.6 Å². The summed E-state index contributed by atoms with van der Waals surface area (Å²) < 4.78 is 6.40. The average molecular weight is 457 g/mol. The van der Waals surface area contributed by atoms with Gasteiger partial charge in [0.1, 0.15) is 10.8 Å². The van der Waals surface area contributed by atoms with Crippen LogP contribution in [0.25, 0.3) is 0 Å². The van der Waals surface area contributed by atoms with Gasteiger partial charge in [0.15, 0.2) is 6.61 Å². The molecule has 0 radical (unpaired) electrons. The number of hydrogen-bond acceptors (Lipinski definition) is 5. The normalized spacial score (nSPS) is 10.2. The second-order valence-electron chi connectivity index (χ2n) is 5.58. The topological polar surface area (TPSA) is 111 Å². The smallest absolute Gasteiger partial charge is 0.288 e. The van der Waals surface area contributed by atoms with Gasteiger partial charge in [0.25, 0.3) is 17.5 Å². The number of hydrazine groups is 1. The highest BCUT2D eigenvalue weighted by molar-refractivity contribution is 9.10. The highest BCUT2D eigenvalue weighted by Crippen LogP contribution is 2.27. The largest absolute Gasteiger partial charge is 0.483 e. The molecule has 142 valence electrons. The summed E-state index contributed by atoms with van der Waals surface area (Å²) in [5.74, 6) is -0.736. The number of amides is 2. The number of carbonyl (C=O) groups excluding carboxylic acids is 2. The maximum absolute atomic E-state index is 12.0. The molecule has 0 unspecified atom stereocenters. The van der Waals surface area contributed by atoms with E-state index in [1.54, 1.807) is 0 Å². The first-order chi connectivity index (χ1) is 12.7. The van der Waals surface area contributed by atoms with E-state index in [4.69, 9.17) is 16.3 Å². The molecule has 27 heavy (non-hydrogen) atoms. The summed E-state index contributed by atoms with van der Waals surface area (Å²) >= 11 is 9.07. The van der Waals surface area contributed by atoms with E-state index in [0.29, 0.717) is 5.75 Å². The number of carbonyl (C=O) groups is 2. The van der Waals surface area contributed by atoms with Gasteiger partial charge in [0, 0.05) is 16.1 Å². The number of hydrogen-bond donors (Lipinski definition) is 2. The molecule has 2 aromatic carbocycles. The van der Waals surface area contributed by atoms with Crippen LogP contribution in [0.4, 0.5) is 5.69 Å². The Morgan fingerprint density at radius 1 is 1.19 bits per heavy atom. The van der Waals surface area contributed by atoms with Gasteiger partial charge in [0.2, 0.25) is 0 Å². The number of nitro groups is 1. The molecule has 2 amide bonds. The molecule has 8 nitrogen and oxygen atoms in total. The second kappa shape index (κ2) is 8.83. The molecule has 0 fully saturated rings. The van der Waals surface area contributed by atoms with Crippen molar-refractivity contribution in [2.75, 3.05) is 6.61 Å². The van der Waals surface area contributed by atoms with Gasteiger partial charge < -0.3 is 4.74 Å². The number of halogens is 2. The van der Waals surface area contributed by atoms with E-state index in [1.165, 1.54) is 12.1 Å². The maximum Gasteiger partial charge on any atom is 0.288 e. The summed E-state index contributed by atoms with van der Waals surface area (Å²) in [6, 6.07) is 7.28. The second-order valence-corrected chi connectivity index (χ2v) is 6.91. The van der Waals surface area contributed by atoms with Crippen LogP contribution in [0, 0.1) is 24.0 Å². The predicted molar refractivity (Wildman–Crippen MR) is 103 cm³/mol. The lowest BCUT2D eigenvalue weighted by molar-refractivity contribution is -0.384. The van der Waals surface area contributed by atoms with Gasteiger partial charge in [-0.25, -0.2) is 0 Å². The molecular weight excluding hydrogens is 442 g/mol. The first kappa shape index (κ1) is 20.7. The highest BCUT2D eigenvalue weighted by atomic mass is 79.9. The Labute approximate surface area is 168 Å². The molecule has 0 atom stereocenters. The van der Waals surface area contributed by atoms with E-state index >= 15 is 0 Å². The van der Waals surface area contributed by atoms with Crippen LogP contribution in [0.15, 0.2) is 34.8 Å².